The normalized spacial score (nSPS) is 15.3. The van der Waals surface area contributed by atoms with Crippen LogP contribution in [0.25, 0.3) is 6.08 Å². The highest BCUT2D eigenvalue weighted by atomic mass is 32.2. The van der Waals surface area contributed by atoms with Crippen LogP contribution in [0.15, 0.2) is 59.5 Å². The van der Waals surface area contributed by atoms with Gasteiger partial charge in [0, 0.05) is 25.1 Å². The molecule has 2 aromatic rings. The average Bonchev–Trinajstić information content (AvgIpc) is 2.96. The lowest BCUT2D eigenvalue weighted by molar-refractivity contribution is -0.123. The van der Waals surface area contributed by atoms with E-state index in [-0.39, 0.29) is 24.8 Å². The third kappa shape index (κ3) is 5.27. The van der Waals surface area contributed by atoms with Crippen molar-refractivity contribution in [2.24, 2.45) is 0 Å². The Morgan fingerprint density at radius 1 is 1.14 bits per heavy atom. The van der Waals surface area contributed by atoms with Gasteiger partial charge in [-0.15, -0.1) is 0 Å². The van der Waals surface area contributed by atoms with Crippen LogP contribution in [-0.4, -0.2) is 34.1 Å². The van der Waals surface area contributed by atoms with Crippen molar-refractivity contribution < 1.29 is 14.0 Å². The predicted octanol–water partition coefficient (Wildman–Crippen LogP) is 3.78. The maximum atomic E-state index is 13.8. The number of halogens is 1. The Bertz CT molecular complexity index is 916. The molecular formula is C21H19FN2O2S2. The van der Waals surface area contributed by atoms with Gasteiger partial charge in [-0.2, -0.15) is 0 Å². The summed E-state index contributed by atoms with van der Waals surface area (Å²) in [5.41, 5.74) is 1.49. The fourth-order valence-electron chi connectivity index (χ4n) is 2.72. The molecule has 144 valence electrons. The standard InChI is InChI=1S/C21H19FN2O2S2/c22-17-9-5-4-8-16(17)14-18-20(26)24(21(27)28-18)13-11-19(25)23-12-10-15-6-2-1-3-7-15/h1-9,14H,10-13H2,(H,23,25). The molecule has 0 spiro atoms. The Morgan fingerprint density at radius 3 is 2.61 bits per heavy atom. The van der Waals surface area contributed by atoms with Gasteiger partial charge in [0.2, 0.25) is 5.91 Å². The van der Waals surface area contributed by atoms with Gasteiger partial charge in [-0.1, -0.05) is 72.5 Å². The fourth-order valence-corrected chi connectivity index (χ4v) is 4.02. The zero-order valence-electron chi connectivity index (χ0n) is 15.1. The van der Waals surface area contributed by atoms with Crippen molar-refractivity contribution in [3.05, 3.63) is 76.4 Å². The summed E-state index contributed by atoms with van der Waals surface area (Å²) < 4.78 is 14.2. The van der Waals surface area contributed by atoms with Gasteiger partial charge < -0.3 is 5.32 Å². The number of hydrogen-bond acceptors (Lipinski definition) is 4. The number of nitrogens with one attached hydrogen (secondary N) is 1. The molecule has 0 unspecified atom stereocenters. The lowest BCUT2D eigenvalue weighted by atomic mass is 10.1. The topological polar surface area (TPSA) is 49.4 Å². The molecule has 2 aromatic carbocycles. The second-order valence-electron chi connectivity index (χ2n) is 6.19. The van der Waals surface area contributed by atoms with Crippen molar-refractivity contribution >= 4 is 46.2 Å². The van der Waals surface area contributed by atoms with Crippen molar-refractivity contribution in [1.29, 1.82) is 0 Å². The highest BCUT2D eigenvalue weighted by molar-refractivity contribution is 8.26. The fraction of sp³-hybridized carbons (Fsp3) is 0.190. The molecule has 1 aliphatic heterocycles. The average molecular weight is 415 g/mol. The number of carbonyl (C=O) groups excluding carboxylic acids is 2. The molecule has 3 rings (SSSR count). The summed E-state index contributed by atoms with van der Waals surface area (Å²) in [7, 11) is 0. The van der Waals surface area contributed by atoms with Gasteiger partial charge >= 0.3 is 0 Å². The molecule has 1 fully saturated rings. The Balaban J connectivity index is 1.50. The van der Waals surface area contributed by atoms with Crippen molar-refractivity contribution in [2.45, 2.75) is 12.8 Å². The van der Waals surface area contributed by atoms with Crippen LogP contribution in [0.3, 0.4) is 0 Å². The maximum absolute atomic E-state index is 13.8. The van der Waals surface area contributed by atoms with Gasteiger partial charge in [-0.05, 0) is 24.1 Å². The van der Waals surface area contributed by atoms with Gasteiger partial charge in [0.05, 0.1) is 4.91 Å². The quantitative estimate of drug-likeness (QED) is 0.553. The molecule has 1 saturated heterocycles. The minimum atomic E-state index is -0.398. The van der Waals surface area contributed by atoms with Crippen LogP contribution in [0, 0.1) is 5.82 Å². The molecule has 0 saturated carbocycles. The first kappa shape index (κ1) is 20.2. The molecule has 1 N–H and O–H groups in total. The molecular weight excluding hydrogens is 395 g/mol. The van der Waals surface area contributed by atoms with E-state index in [2.05, 4.69) is 5.32 Å². The van der Waals surface area contributed by atoms with Gasteiger partial charge in [-0.25, -0.2) is 4.39 Å². The molecule has 0 aliphatic carbocycles. The summed E-state index contributed by atoms with van der Waals surface area (Å²) in [5, 5.41) is 2.85. The number of rotatable bonds is 7. The van der Waals surface area contributed by atoms with Crippen LogP contribution in [0.4, 0.5) is 4.39 Å². The van der Waals surface area contributed by atoms with Gasteiger partial charge in [-0.3, -0.25) is 14.5 Å². The molecule has 0 aromatic heterocycles. The summed E-state index contributed by atoms with van der Waals surface area (Å²) in [6.45, 7) is 0.741. The van der Waals surface area contributed by atoms with Crippen molar-refractivity contribution in [3.63, 3.8) is 0 Å². The van der Waals surface area contributed by atoms with E-state index in [1.165, 1.54) is 17.0 Å². The van der Waals surface area contributed by atoms with Crippen LogP contribution < -0.4 is 5.32 Å². The molecule has 1 heterocycles. The minimum absolute atomic E-state index is 0.136. The number of thioether (sulfide) groups is 1. The van der Waals surface area contributed by atoms with Crippen LogP contribution >= 0.6 is 24.0 Å². The summed E-state index contributed by atoms with van der Waals surface area (Å²) in [5.74, 6) is -0.830. The predicted molar refractivity (Wildman–Crippen MR) is 114 cm³/mol. The van der Waals surface area contributed by atoms with E-state index in [1.54, 1.807) is 18.2 Å². The first-order valence-corrected chi connectivity index (χ1v) is 10.1. The second kappa shape index (κ2) is 9.61. The van der Waals surface area contributed by atoms with E-state index >= 15 is 0 Å². The highest BCUT2D eigenvalue weighted by Crippen LogP contribution is 2.32. The summed E-state index contributed by atoms with van der Waals surface area (Å²) in [6, 6.07) is 16.1. The Labute approximate surface area is 172 Å². The number of benzene rings is 2. The second-order valence-corrected chi connectivity index (χ2v) is 7.87. The largest absolute Gasteiger partial charge is 0.356 e. The smallest absolute Gasteiger partial charge is 0.266 e. The lowest BCUT2D eigenvalue weighted by Gasteiger charge is -2.14. The van der Waals surface area contributed by atoms with Gasteiger partial charge in [0.25, 0.3) is 5.91 Å². The van der Waals surface area contributed by atoms with Crippen LogP contribution in [-0.2, 0) is 16.0 Å². The van der Waals surface area contributed by atoms with E-state index in [0.717, 1.165) is 23.7 Å². The number of thiocarbonyl (C=S) groups is 1. The Morgan fingerprint density at radius 2 is 1.86 bits per heavy atom. The van der Waals surface area contributed by atoms with Gasteiger partial charge in [0.15, 0.2) is 0 Å². The van der Waals surface area contributed by atoms with Crippen LogP contribution in [0.5, 0.6) is 0 Å². The molecule has 4 nitrogen and oxygen atoms in total. The SMILES string of the molecule is O=C(CCN1C(=O)C(=Cc2ccccc2F)SC1=S)NCCc1ccccc1. The van der Waals surface area contributed by atoms with Gasteiger partial charge in [0.1, 0.15) is 10.1 Å². The van der Waals surface area contributed by atoms with E-state index < -0.39 is 5.82 Å². The zero-order valence-corrected chi connectivity index (χ0v) is 16.7. The molecule has 28 heavy (non-hydrogen) atoms. The number of amides is 2. The first-order chi connectivity index (χ1) is 13.5. The highest BCUT2D eigenvalue weighted by Gasteiger charge is 2.32. The number of carbonyl (C=O) groups is 2. The summed E-state index contributed by atoms with van der Waals surface area (Å²) >= 11 is 6.37. The summed E-state index contributed by atoms with van der Waals surface area (Å²) in [4.78, 5) is 26.3. The van der Waals surface area contributed by atoms with E-state index in [0.29, 0.717) is 21.3 Å². The summed E-state index contributed by atoms with van der Waals surface area (Å²) in [6.07, 6.45) is 2.40. The maximum Gasteiger partial charge on any atom is 0.266 e. The molecule has 0 bridgehead atoms. The monoisotopic (exact) mass is 414 g/mol. The minimum Gasteiger partial charge on any atom is -0.356 e. The van der Waals surface area contributed by atoms with Crippen LogP contribution in [0.1, 0.15) is 17.5 Å². The molecule has 0 atom stereocenters. The molecule has 2 amide bonds. The molecule has 0 radical (unpaired) electrons. The zero-order chi connectivity index (χ0) is 19.9. The lowest BCUT2D eigenvalue weighted by Crippen LogP contribution is -2.34. The Kier molecular flexibility index (Phi) is 6.95. The van der Waals surface area contributed by atoms with Crippen molar-refractivity contribution in [2.75, 3.05) is 13.1 Å². The van der Waals surface area contributed by atoms with Crippen molar-refractivity contribution in [1.82, 2.24) is 10.2 Å². The third-order valence-electron chi connectivity index (χ3n) is 4.21. The van der Waals surface area contributed by atoms with E-state index in [4.69, 9.17) is 12.2 Å². The molecule has 1 aliphatic rings. The molecule has 7 heteroatoms. The number of hydrogen-bond donors (Lipinski definition) is 1. The third-order valence-corrected chi connectivity index (χ3v) is 5.58. The first-order valence-electron chi connectivity index (χ1n) is 8.85. The number of nitrogens with zero attached hydrogens (tertiary/aromatic N) is 1. The van der Waals surface area contributed by atoms with Crippen LogP contribution in [0.2, 0.25) is 0 Å². The Hall–Kier alpha value is -2.51. The van der Waals surface area contributed by atoms with E-state index in [9.17, 15) is 14.0 Å². The van der Waals surface area contributed by atoms with E-state index in [1.807, 2.05) is 30.3 Å². The van der Waals surface area contributed by atoms with Crippen molar-refractivity contribution in [3.8, 4) is 0 Å².